The van der Waals surface area contributed by atoms with Crippen LogP contribution in [0.3, 0.4) is 0 Å². The third kappa shape index (κ3) is 8.04. The maximum Gasteiger partial charge on any atom is 0.194 e. The second kappa shape index (κ2) is 14.9. The zero-order valence-electron chi connectivity index (χ0n) is 22.9. The molecule has 0 aliphatic heterocycles. The van der Waals surface area contributed by atoms with Crippen LogP contribution in [-0.2, 0) is 0 Å². The van der Waals surface area contributed by atoms with Crippen LogP contribution in [0.25, 0.3) is 11.1 Å². The minimum absolute atomic E-state index is 0. The van der Waals surface area contributed by atoms with Gasteiger partial charge < -0.3 is 66.4 Å². The van der Waals surface area contributed by atoms with Gasteiger partial charge in [-0.1, -0.05) is 0 Å². The van der Waals surface area contributed by atoms with Crippen molar-refractivity contribution in [2.45, 2.75) is 40.5 Å². The molecule has 5 nitrogen and oxygen atoms in total. The molecule has 0 spiro atoms. The fraction of sp³-hybridized carbons (Fsp3) is 0.552. The third-order valence-electron chi connectivity index (χ3n) is 8.04. The predicted molar refractivity (Wildman–Crippen MR) is 140 cm³/mol. The lowest BCUT2D eigenvalue weighted by Crippen LogP contribution is -3.00. The number of fused-ring (bicyclic) bond motifs is 3. The lowest BCUT2D eigenvalue weighted by molar-refractivity contribution is -0.906. The zero-order valence-corrected chi connectivity index (χ0v) is 27.2. The average Bonchev–Trinajstić information content (AvgIpc) is 3.15. The highest BCUT2D eigenvalue weighted by Gasteiger charge is 2.28. The van der Waals surface area contributed by atoms with Crippen LogP contribution in [0.1, 0.15) is 56.5 Å². The van der Waals surface area contributed by atoms with Gasteiger partial charge in [-0.25, -0.2) is 0 Å². The molecular formula is C29H44I2N2O3. The van der Waals surface area contributed by atoms with Gasteiger partial charge in [-0.2, -0.15) is 0 Å². The van der Waals surface area contributed by atoms with E-state index in [1.165, 1.54) is 0 Å². The lowest BCUT2D eigenvalue weighted by Gasteiger charge is -2.32. The van der Waals surface area contributed by atoms with Crippen LogP contribution in [0.2, 0.25) is 0 Å². The third-order valence-corrected chi connectivity index (χ3v) is 8.04. The number of carbonyl (C=O) groups excluding carboxylic acids is 1. The van der Waals surface area contributed by atoms with E-state index in [2.05, 4.69) is 41.8 Å². The first-order valence-electron chi connectivity index (χ1n) is 13.0. The first-order chi connectivity index (χ1) is 16.3. The van der Waals surface area contributed by atoms with Crippen molar-refractivity contribution in [3.63, 3.8) is 0 Å². The van der Waals surface area contributed by atoms with Gasteiger partial charge in [0.1, 0.15) is 11.5 Å². The van der Waals surface area contributed by atoms with Gasteiger partial charge in [-0.05, 0) is 75.2 Å². The van der Waals surface area contributed by atoms with E-state index in [1.807, 2.05) is 36.4 Å². The number of hydrogen-bond acceptors (Lipinski definition) is 3. The van der Waals surface area contributed by atoms with E-state index in [4.69, 9.17) is 9.47 Å². The van der Waals surface area contributed by atoms with Gasteiger partial charge in [0.15, 0.2) is 5.78 Å². The monoisotopic (exact) mass is 722 g/mol. The van der Waals surface area contributed by atoms with Gasteiger partial charge in [0.2, 0.25) is 0 Å². The normalized spacial score (nSPS) is 12.3. The number of rotatable bonds is 14. The first-order valence-corrected chi connectivity index (χ1v) is 13.0. The highest BCUT2D eigenvalue weighted by molar-refractivity contribution is 6.22. The van der Waals surface area contributed by atoms with Crippen LogP contribution in [0.15, 0.2) is 36.4 Å². The Morgan fingerprint density at radius 3 is 1.31 bits per heavy atom. The molecule has 0 saturated heterocycles. The van der Waals surface area contributed by atoms with E-state index in [9.17, 15) is 4.79 Å². The fourth-order valence-electron chi connectivity index (χ4n) is 4.57. The summed E-state index contributed by atoms with van der Waals surface area (Å²) in [5.74, 6) is 1.60. The standard InChI is InChI=1S/C29H44N2O3.2HI/c1-7-30(5,8-2)17-11-19-33-23-13-15-25-26-16-14-24(22-28(26)29(32)27(25)21-23)34-20-12-18-31(6,9-3)10-4;;/h13-16,21-22H,7-12,17-20H2,1-6H3;2*1H/q+2;;/p-2. The first kappa shape index (κ1) is 33.1. The molecule has 0 aromatic heterocycles. The van der Waals surface area contributed by atoms with E-state index in [0.717, 1.165) is 94.8 Å². The molecule has 2 aromatic rings. The molecule has 0 N–H and O–H groups in total. The SMILES string of the molecule is CC[N+](C)(CC)CCCOc1ccc2c(c1)C(=O)c1cc(OCCC[N+](C)(CC)CC)ccc1-2.[I-].[I-]. The van der Waals surface area contributed by atoms with E-state index >= 15 is 0 Å². The molecule has 36 heavy (non-hydrogen) atoms. The Balaban J connectivity index is 0.00000324. The molecule has 3 rings (SSSR count). The minimum atomic E-state index is 0. The van der Waals surface area contributed by atoms with Crippen molar-refractivity contribution < 1.29 is 71.2 Å². The van der Waals surface area contributed by atoms with Crippen LogP contribution in [-0.4, -0.2) is 81.3 Å². The molecular weight excluding hydrogens is 678 g/mol. The van der Waals surface area contributed by atoms with E-state index < -0.39 is 0 Å². The number of nitrogens with zero attached hydrogens (tertiary/aromatic N) is 2. The Labute approximate surface area is 252 Å². The van der Waals surface area contributed by atoms with Crippen molar-refractivity contribution in [2.24, 2.45) is 0 Å². The van der Waals surface area contributed by atoms with Gasteiger partial charge in [0.05, 0.1) is 66.6 Å². The number of benzene rings is 2. The molecule has 0 amide bonds. The summed E-state index contributed by atoms with van der Waals surface area (Å²) < 4.78 is 14.1. The van der Waals surface area contributed by atoms with Crippen molar-refractivity contribution in [2.75, 3.05) is 66.6 Å². The number of ether oxygens (including phenoxy) is 2. The Kier molecular flexibility index (Phi) is 13.7. The zero-order chi connectivity index (χ0) is 24.8. The van der Waals surface area contributed by atoms with E-state index in [0.29, 0.717) is 13.2 Å². The van der Waals surface area contributed by atoms with Gasteiger partial charge in [-0.3, -0.25) is 4.79 Å². The number of carbonyl (C=O) groups is 1. The van der Waals surface area contributed by atoms with Crippen molar-refractivity contribution in [3.05, 3.63) is 47.5 Å². The second-order valence-electron chi connectivity index (χ2n) is 10.1. The Morgan fingerprint density at radius 2 is 0.972 bits per heavy atom. The average molecular weight is 722 g/mol. The number of ketones is 1. The van der Waals surface area contributed by atoms with Crippen LogP contribution in [0.4, 0.5) is 0 Å². The van der Waals surface area contributed by atoms with Gasteiger partial charge in [0, 0.05) is 24.0 Å². The van der Waals surface area contributed by atoms with Crippen molar-refractivity contribution in [3.8, 4) is 22.6 Å². The van der Waals surface area contributed by atoms with Gasteiger partial charge >= 0.3 is 0 Å². The highest BCUT2D eigenvalue weighted by atomic mass is 127. The van der Waals surface area contributed by atoms with Crippen molar-refractivity contribution in [1.29, 1.82) is 0 Å². The summed E-state index contributed by atoms with van der Waals surface area (Å²) in [5, 5.41) is 0. The summed E-state index contributed by atoms with van der Waals surface area (Å²) in [6, 6.07) is 11.8. The fourth-order valence-corrected chi connectivity index (χ4v) is 4.57. The molecule has 1 aliphatic carbocycles. The highest BCUT2D eigenvalue weighted by Crippen LogP contribution is 2.39. The molecule has 1 aliphatic rings. The molecule has 0 unspecified atom stereocenters. The summed E-state index contributed by atoms with van der Waals surface area (Å²) >= 11 is 0. The molecule has 0 saturated carbocycles. The number of halogens is 2. The van der Waals surface area contributed by atoms with Crippen LogP contribution >= 0.6 is 0 Å². The van der Waals surface area contributed by atoms with Crippen LogP contribution < -0.4 is 57.4 Å². The van der Waals surface area contributed by atoms with Gasteiger partial charge in [0.25, 0.3) is 0 Å². The second-order valence-corrected chi connectivity index (χ2v) is 10.1. The predicted octanol–water partition coefficient (Wildman–Crippen LogP) is -0.583. The molecule has 0 heterocycles. The summed E-state index contributed by atoms with van der Waals surface area (Å²) in [6.07, 6.45) is 2.00. The molecule has 0 radical (unpaired) electrons. The Hall–Kier alpha value is -0.910. The maximum atomic E-state index is 13.2. The molecule has 0 fully saturated rings. The van der Waals surface area contributed by atoms with Crippen LogP contribution in [0, 0.1) is 0 Å². The van der Waals surface area contributed by atoms with E-state index in [-0.39, 0.29) is 53.7 Å². The molecule has 7 heteroatoms. The summed E-state index contributed by atoms with van der Waals surface area (Å²) in [5.41, 5.74) is 3.43. The van der Waals surface area contributed by atoms with E-state index in [1.54, 1.807) is 0 Å². The molecule has 202 valence electrons. The quantitative estimate of drug-likeness (QED) is 0.127. The van der Waals surface area contributed by atoms with Crippen LogP contribution in [0.5, 0.6) is 11.5 Å². The Morgan fingerprint density at radius 1 is 0.611 bits per heavy atom. The van der Waals surface area contributed by atoms with Crippen molar-refractivity contribution >= 4 is 5.78 Å². The van der Waals surface area contributed by atoms with Crippen molar-refractivity contribution in [1.82, 2.24) is 0 Å². The number of quaternary nitrogens is 2. The molecule has 0 bridgehead atoms. The van der Waals surface area contributed by atoms with Gasteiger partial charge in [-0.15, -0.1) is 0 Å². The summed E-state index contributed by atoms with van der Waals surface area (Å²) in [7, 11) is 4.58. The molecule has 2 aromatic carbocycles. The smallest absolute Gasteiger partial charge is 0.194 e. The number of hydrogen-bond donors (Lipinski definition) is 0. The lowest BCUT2D eigenvalue weighted by atomic mass is 10.1. The largest absolute Gasteiger partial charge is 1.00 e. The summed E-state index contributed by atoms with van der Waals surface area (Å²) in [6.45, 7) is 17.0. The summed E-state index contributed by atoms with van der Waals surface area (Å²) in [4.78, 5) is 13.2. The maximum absolute atomic E-state index is 13.2. The minimum Gasteiger partial charge on any atom is -1.00 e. The topological polar surface area (TPSA) is 35.5 Å². The molecule has 0 atom stereocenters. The Bertz CT molecular complexity index is 911.